The van der Waals surface area contributed by atoms with E-state index in [2.05, 4.69) is 0 Å². The maximum Gasteiger partial charge on any atom is 0.333 e. The second kappa shape index (κ2) is 9.01. The summed E-state index contributed by atoms with van der Waals surface area (Å²) in [5.74, 6) is -0.464. The average molecular weight is 369 g/mol. The molecule has 0 saturated carbocycles. The van der Waals surface area contributed by atoms with Gasteiger partial charge in [-0.15, -0.1) is 11.6 Å². The van der Waals surface area contributed by atoms with Crippen molar-refractivity contribution < 1.29 is 26.9 Å². The van der Waals surface area contributed by atoms with E-state index in [1.807, 2.05) is 13.8 Å². The highest BCUT2D eigenvalue weighted by atomic mass is 35.5. The van der Waals surface area contributed by atoms with Crippen molar-refractivity contribution in [2.45, 2.75) is 63.7 Å². The standard InChI is InChI=1S/C15H25ClO6S/c1-5-11(6-2)21-13-9-10(15(17)20-7-3)8-12(16)14(13)22-23(4,18)19/h9,11-14H,5-8H2,1-4H3/t12-,13+,14-/m0/s1. The van der Waals surface area contributed by atoms with E-state index >= 15 is 0 Å². The number of hydrogen-bond acceptors (Lipinski definition) is 6. The number of hydrogen-bond donors (Lipinski definition) is 0. The normalized spacial score (nSPS) is 25.3. The van der Waals surface area contributed by atoms with Crippen LogP contribution in [0.5, 0.6) is 0 Å². The van der Waals surface area contributed by atoms with Crippen molar-refractivity contribution in [2.24, 2.45) is 0 Å². The molecule has 6 nitrogen and oxygen atoms in total. The average Bonchev–Trinajstić information content (AvgIpc) is 2.46. The van der Waals surface area contributed by atoms with Gasteiger partial charge in [0.2, 0.25) is 0 Å². The summed E-state index contributed by atoms with van der Waals surface area (Å²) in [7, 11) is -3.70. The van der Waals surface area contributed by atoms with Crippen LogP contribution in [0.2, 0.25) is 0 Å². The zero-order valence-electron chi connectivity index (χ0n) is 14.0. The quantitative estimate of drug-likeness (QED) is 0.372. The Morgan fingerprint density at radius 1 is 1.35 bits per heavy atom. The van der Waals surface area contributed by atoms with E-state index in [4.69, 9.17) is 25.3 Å². The van der Waals surface area contributed by atoms with Crippen molar-refractivity contribution in [1.82, 2.24) is 0 Å². The van der Waals surface area contributed by atoms with Gasteiger partial charge in [0.25, 0.3) is 10.1 Å². The molecule has 0 N–H and O–H groups in total. The maximum absolute atomic E-state index is 11.9. The van der Waals surface area contributed by atoms with Crippen LogP contribution >= 0.6 is 11.6 Å². The SMILES string of the molecule is CCOC(=O)C1=C[C@@H](OC(CC)CC)[C@@H](OS(C)(=O)=O)[C@@H](Cl)C1. The van der Waals surface area contributed by atoms with Crippen LogP contribution in [0.25, 0.3) is 0 Å². The van der Waals surface area contributed by atoms with E-state index < -0.39 is 33.7 Å². The van der Waals surface area contributed by atoms with Crippen molar-refractivity contribution in [2.75, 3.05) is 12.9 Å². The fraction of sp³-hybridized carbons (Fsp3) is 0.800. The van der Waals surface area contributed by atoms with Gasteiger partial charge in [0.05, 0.1) is 24.3 Å². The van der Waals surface area contributed by atoms with Gasteiger partial charge in [0, 0.05) is 5.57 Å². The fourth-order valence-corrected chi connectivity index (χ4v) is 3.47. The lowest BCUT2D eigenvalue weighted by Crippen LogP contribution is -2.44. The first-order chi connectivity index (χ1) is 10.7. The number of carbonyl (C=O) groups excluding carboxylic acids is 1. The summed E-state index contributed by atoms with van der Waals surface area (Å²) in [6, 6.07) is 0. The minimum Gasteiger partial charge on any atom is -0.463 e. The molecule has 0 saturated heterocycles. The minimum atomic E-state index is -3.70. The Balaban J connectivity index is 3.07. The molecule has 0 aromatic rings. The van der Waals surface area contributed by atoms with Crippen LogP contribution in [0.15, 0.2) is 11.6 Å². The maximum atomic E-state index is 11.9. The zero-order valence-corrected chi connectivity index (χ0v) is 15.5. The Labute approximate surface area is 143 Å². The Morgan fingerprint density at radius 3 is 2.43 bits per heavy atom. The fourth-order valence-electron chi connectivity index (χ4n) is 2.41. The van der Waals surface area contributed by atoms with Gasteiger partial charge in [0.1, 0.15) is 12.2 Å². The summed E-state index contributed by atoms with van der Waals surface area (Å²) >= 11 is 6.27. The van der Waals surface area contributed by atoms with Gasteiger partial charge in [-0.05, 0) is 32.3 Å². The first-order valence-electron chi connectivity index (χ1n) is 7.77. The van der Waals surface area contributed by atoms with Crippen LogP contribution in [0, 0.1) is 0 Å². The molecular formula is C15H25ClO6S. The van der Waals surface area contributed by atoms with Gasteiger partial charge in [-0.3, -0.25) is 4.18 Å². The van der Waals surface area contributed by atoms with E-state index in [0.717, 1.165) is 19.1 Å². The summed E-state index contributed by atoms with van der Waals surface area (Å²) in [6.07, 6.45) is 2.56. The number of esters is 1. The molecule has 0 radical (unpaired) electrons. The number of rotatable bonds is 8. The molecule has 0 amide bonds. The van der Waals surface area contributed by atoms with Gasteiger partial charge in [-0.1, -0.05) is 13.8 Å². The lowest BCUT2D eigenvalue weighted by atomic mass is 9.94. The highest BCUT2D eigenvalue weighted by molar-refractivity contribution is 7.86. The van der Waals surface area contributed by atoms with Crippen LogP contribution in [0.3, 0.4) is 0 Å². The molecule has 0 fully saturated rings. The van der Waals surface area contributed by atoms with Gasteiger partial charge in [0.15, 0.2) is 0 Å². The largest absolute Gasteiger partial charge is 0.463 e. The Bertz CT molecular complexity index is 526. The number of alkyl halides is 1. The molecule has 0 bridgehead atoms. The van der Waals surface area contributed by atoms with Gasteiger partial charge >= 0.3 is 5.97 Å². The summed E-state index contributed by atoms with van der Waals surface area (Å²) in [4.78, 5) is 11.9. The molecule has 0 spiro atoms. The van der Waals surface area contributed by atoms with Crippen molar-refractivity contribution in [3.8, 4) is 0 Å². The number of carbonyl (C=O) groups is 1. The predicted molar refractivity (Wildman–Crippen MR) is 87.9 cm³/mol. The topological polar surface area (TPSA) is 78.9 Å². The van der Waals surface area contributed by atoms with Crippen LogP contribution in [0.4, 0.5) is 0 Å². The lowest BCUT2D eigenvalue weighted by molar-refractivity contribution is -0.139. The lowest BCUT2D eigenvalue weighted by Gasteiger charge is -2.34. The molecule has 1 aliphatic rings. The van der Waals surface area contributed by atoms with Crippen LogP contribution in [-0.2, 0) is 28.6 Å². The molecule has 3 atom stereocenters. The summed E-state index contributed by atoms with van der Waals surface area (Å²) in [5, 5.41) is -0.700. The van der Waals surface area contributed by atoms with E-state index in [0.29, 0.717) is 5.57 Å². The van der Waals surface area contributed by atoms with E-state index in [1.54, 1.807) is 13.0 Å². The molecule has 8 heteroatoms. The zero-order chi connectivity index (χ0) is 17.6. The second-order valence-corrected chi connectivity index (χ2v) is 7.60. The highest BCUT2D eigenvalue weighted by Crippen LogP contribution is 2.30. The molecule has 0 heterocycles. The van der Waals surface area contributed by atoms with E-state index in [-0.39, 0.29) is 19.1 Å². The Hall–Kier alpha value is -0.630. The molecule has 0 aliphatic heterocycles. The third kappa shape index (κ3) is 6.41. The molecule has 0 aromatic heterocycles. The molecule has 134 valence electrons. The van der Waals surface area contributed by atoms with Gasteiger partial charge in [-0.25, -0.2) is 4.79 Å². The van der Waals surface area contributed by atoms with E-state index in [1.165, 1.54) is 0 Å². The third-order valence-corrected chi connectivity index (χ3v) is 4.52. The van der Waals surface area contributed by atoms with Crippen molar-refractivity contribution in [3.05, 3.63) is 11.6 Å². The van der Waals surface area contributed by atoms with Crippen molar-refractivity contribution in [1.29, 1.82) is 0 Å². The first-order valence-corrected chi connectivity index (χ1v) is 10.0. The molecular weight excluding hydrogens is 344 g/mol. The Morgan fingerprint density at radius 2 is 1.96 bits per heavy atom. The minimum absolute atomic E-state index is 0.0766. The molecule has 1 rings (SSSR count). The summed E-state index contributed by atoms with van der Waals surface area (Å²) < 4.78 is 39.0. The Kier molecular flexibility index (Phi) is 8.00. The van der Waals surface area contributed by atoms with Gasteiger partial charge < -0.3 is 9.47 Å². The second-order valence-electron chi connectivity index (χ2n) is 5.44. The van der Waals surface area contributed by atoms with Crippen LogP contribution in [0.1, 0.15) is 40.0 Å². The van der Waals surface area contributed by atoms with Crippen LogP contribution < -0.4 is 0 Å². The number of halogens is 1. The molecule has 1 aliphatic carbocycles. The molecule has 23 heavy (non-hydrogen) atoms. The first kappa shape index (κ1) is 20.4. The van der Waals surface area contributed by atoms with E-state index in [9.17, 15) is 13.2 Å². The van der Waals surface area contributed by atoms with Crippen LogP contribution in [-0.4, -0.2) is 50.9 Å². The monoisotopic (exact) mass is 368 g/mol. The summed E-state index contributed by atoms with van der Waals surface area (Å²) in [5.41, 5.74) is 0.385. The van der Waals surface area contributed by atoms with Crippen molar-refractivity contribution >= 4 is 27.7 Å². The molecule has 0 aromatic carbocycles. The van der Waals surface area contributed by atoms with Crippen molar-refractivity contribution in [3.63, 3.8) is 0 Å². The predicted octanol–water partition coefficient (Wildman–Crippen LogP) is 2.41. The smallest absolute Gasteiger partial charge is 0.333 e. The molecule has 0 unspecified atom stereocenters. The van der Waals surface area contributed by atoms with Gasteiger partial charge in [-0.2, -0.15) is 8.42 Å². The number of ether oxygens (including phenoxy) is 2. The highest BCUT2D eigenvalue weighted by Gasteiger charge is 2.39. The summed E-state index contributed by atoms with van der Waals surface area (Å²) in [6.45, 7) is 5.91. The third-order valence-electron chi connectivity index (χ3n) is 3.54.